The molecule has 0 spiro atoms. The SMILES string of the molecule is CC(C)(C)N=C(NC(=O)c1ccc(C(F)(F)F)cc1)NC(C)(C)C. The molecule has 1 amide bonds. The van der Waals surface area contributed by atoms with E-state index in [1.54, 1.807) is 0 Å². The van der Waals surface area contributed by atoms with Crippen molar-refractivity contribution in [2.75, 3.05) is 0 Å². The van der Waals surface area contributed by atoms with Crippen molar-refractivity contribution in [3.63, 3.8) is 0 Å². The zero-order chi connectivity index (χ0) is 18.8. The maximum absolute atomic E-state index is 12.6. The van der Waals surface area contributed by atoms with Crippen molar-refractivity contribution in [1.82, 2.24) is 10.6 Å². The van der Waals surface area contributed by atoms with Gasteiger partial charge in [0.25, 0.3) is 5.91 Å². The zero-order valence-corrected chi connectivity index (χ0v) is 14.8. The average molecular weight is 343 g/mol. The summed E-state index contributed by atoms with van der Waals surface area (Å²) in [6.45, 7) is 11.4. The third kappa shape index (κ3) is 7.02. The van der Waals surface area contributed by atoms with Crippen molar-refractivity contribution in [3.05, 3.63) is 35.4 Å². The molecular formula is C17H24F3N3O. The number of benzene rings is 1. The Hall–Kier alpha value is -2.05. The molecule has 0 bridgehead atoms. The van der Waals surface area contributed by atoms with Crippen molar-refractivity contribution in [3.8, 4) is 0 Å². The highest BCUT2D eigenvalue weighted by atomic mass is 19.4. The molecule has 1 rings (SSSR count). The molecule has 0 saturated carbocycles. The second-order valence-electron chi connectivity index (χ2n) is 7.54. The van der Waals surface area contributed by atoms with E-state index in [9.17, 15) is 18.0 Å². The Bertz CT molecular complexity index is 606. The Morgan fingerprint density at radius 1 is 0.958 bits per heavy atom. The number of carbonyl (C=O) groups is 1. The average Bonchev–Trinajstić information content (AvgIpc) is 2.33. The van der Waals surface area contributed by atoms with Gasteiger partial charge in [-0.2, -0.15) is 13.2 Å². The van der Waals surface area contributed by atoms with E-state index in [0.717, 1.165) is 24.3 Å². The number of aliphatic imine (C=N–C) groups is 1. The number of nitrogens with zero attached hydrogens (tertiary/aromatic N) is 1. The lowest BCUT2D eigenvalue weighted by atomic mass is 10.1. The van der Waals surface area contributed by atoms with Gasteiger partial charge < -0.3 is 5.32 Å². The highest BCUT2D eigenvalue weighted by Gasteiger charge is 2.30. The second-order valence-corrected chi connectivity index (χ2v) is 7.54. The van der Waals surface area contributed by atoms with Gasteiger partial charge in [0.1, 0.15) is 0 Å². The van der Waals surface area contributed by atoms with Crippen molar-refractivity contribution in [2.24, 2.45) is 4.99 Å². The lowest BCUT2D eigenvalue weighted by molar-refractivity contribution is -0.137. The number of guanidine groups is 1. The van der Waals surface area contributed by atoms with Crippen LogP contribution in [0.3, 0.4) is 0 Å². The predicted octanol–water partition coefficient (Wildman–Crippen LogP) is 3.98. The summed E-state index contributed by atoms with van der Waals surface area (Å²) in [7, 11) is 0. The van der Waals surface area contributed by atoms with Gasteiger partial charge in [-0.25, -0.2) is 4.99 Å². The van der Waals surface area contributed by atoms with Gasteiger partial charge >= 0.3 is 6.18 Å². The molecule has 0 aliphatic rings. The van der Waals surface area contributed by atoms with Crippen LogP contribution in [0, 0.1) is 0 Å². The Morgan fingerprint density at radius 3 is 1.83 bits per heavy atom. The topological polar surface area (TPSA) is 53.5 Å². The van der Waals surface area contributed by atoms with E-state index in [4.69, 9.17) is 0 Å². The minimum Gasteiger partial charge on any atom is -0.351 e. The van der Waals surface area contributed by atoms with Crippen LogP contribution in [0.1, 0.15) is 57.5 Å². The minimum atomic E-state index is -4.43. The summed E-state index contributed by atoms with van der Waals surface area (Å²) >= 11 is 0. The van der Waals surface area contributed by atoms with Gasteiger partial charge in [0.05, 0.1) is 11.1 Å². The van der Waals surface area contributed by atoms with E-state index >= 15 is 0 Å². The largest absolute Gasteiger partial charge is 0.416 e. The van der Waals surface area contributed by atoms with Gasteiger partial charge in [0.2, 0.25) is 0 Å². The van der Waals surface area contributed by atoms with Gasteiger partial charge in [0.15, 0.2) is 5.96 Å². The fourth-order valence-corrected chi connectivity index (χ4v) is 1.77. The molecule has 24 heavy (non-hydrogen) atoms. The lowest BCUT2D eigenvalue weighted by Gasteiger charge is -2.26. The molecule has 0 fully saturated rings. The molecule has 0 aromatic heterocycles. The van der Waals surface area contributed by atoms with Crippen LogP contribution >= 0.6 is 0 Å². The van der Waals surface area contributed by atoms with Gasteiger partial charge in [-0.1, -0.05) is 0 Å². The Balaban J connectivity index is 2.98. The molecule has 4 nitrogen and oxygen atoms in total. The van der Waals surface area contributed by atoms with E-state index in [0.29, 0.717) is 0 Å². The molecule has 1 aromatic carbocycles. The molecule has 0 radical (unpaired) electrons. The Labute approximate surface area is 140 Å². The summed E-state index contributed by atoms with van der Waals surface area (Å²) in [5.74, 6) is -0.247. The number of nitrogens with one attached hydrogen (secondary N) is 2. The van der Waals surface area contributed by atoms with Crippen molar-refractivity contribution >= 4 is 11.9 Å². The predicted molar refractivity (Wildman–Crippen MR) is 89.0 cm³/mol. The minimum absolute atomic E-state index is 0.125. The van der Waals surface area contributed by atoms with E-state index < -0.39 is 23.2 Å². The van der Waals surface area contributed by atoms with Crippen LogP contribution in [-0.2, 0) is 6.18 Å². The number of alkyl halides is 3. The fourth-order valence-electron chi connectivity index (χ4n) is 1.77. The van der Waals surface area contributed by atoms with Crippen LogP contribution in [-0.4, -0.2) is 22.9 Å². The van der Waals surface area contributed by atoms with Crippen LogP contribution in [0.5, 0.6) is 0 Å². The summed E-state index contributed by atoms with van der Waals surface area (Å²) < 4.78 is 37.7. The zero-order valence-electron chi connectivity index (χ0n) is 14.8. The molecule has 2 N–H and O–H groups in total. The summed E-state index contributed by atoms with van der Waals surface area (Å²) in [6, 6.07) is 4.05. The van der Waals surface area contributed by atoms with Crippen LogP contribution in [0.15, 0.2) is 29.3 Å². The molecule has 0 heterocycles. The summed E-state index contributed by atoms with van der Waals surface area (Å²) in [4.78, 5) is 16.7. The maximum atomic E-state index is 12.6. The smallest absolute Gasteiger partial charge is 0.351 e. The van der Waals surface area contributed by atoms with Crippen molar-refractivity contribution in [1.29, 1.82) is 0 Å². The first-order valence-electron chi connectivity index (χ1n) is 7.54. The third-order valence-electron chi connectivity index (χ3n) is 2.65. The first-order chi connectivity index (χ1) is 10.7. The molecule has 1 aromatic rings. The molecule has 0 atom stereocenters. The first kappa shape index (κ1) is 20.0. The van der Waals surface area contributed by atoms with E-state index in [1.165, 1.54) is 0 Å². The normalized spacial score (nSPS) is 13.6. The Morgan fingerprint density at radius 2 is 1.46 bits per heavy atom. The van der Waals surface area contributed by atoms with Crippen molar-refractivity contribution in [2.45, 2.75) is 58.8 Å². The molecule has 0 saturated heterocycles. The quantitative estimate of drug-likeness (QED) is 0.599. The monoisotopic (exact) mass is 343 g/mol. The number of halogens is 3. The number of carbonyl (C=O) groups excluding carboxylic acids is 1. The van der Waals surface area contributed by atoms with Crippen LogP contribution in [0.2, 0.25) is 0 Å². The highest BCUT2D eigenvalue weighted by Crippen LogP contribution is 2.29. The first-order valence-corrected chi connectivity index (χ1v) is 7.54. The van der Waals surface area contributed by atoms with Crippen LogP contribution in [0.25, 0.3) is 0 Å². The van der Waals surface area contributed by atoms with Crippen molar-refractivity contribution < 1.29 is 18.0 Å². The number of rotatable bonds is 1. The van der Waals surface area contributed by atoms with E-state index in [-0.39, 0.29) is 17.1 Å². The number of hydrogen-bond donors (Lipinski definition) is 2. The summed E-state index contributed by atoms with van der Waals surface area (Å²) in [5, 5.41) is 5.71. The van der Waals surface area contributed by atoms with Gasteiger partial charge in [0, 0.05) is 11.1 Å². The van der Waals surface area contributed by atoms with Crippen LogP contribution in [0.4, 0.5) is 13.2 Å². The second kappa shape index (κ2) is 6.83. The summed E-state index contributed by atoms with van der Waals surface area (Å²) in [5.41, 5.74) is -1.44. The van der Waals surface area contributed by atoms with E-state index in [2.05, 4.69) is 15.6 Å². The van der Waals surface area contributed by atoms with Crippen LogP contribution < -0.4 is 10.6 Å². The molecule has 7 heteroatoms. The molecule has 134 valence electrons. The third-order valence-corrected chi connectivity index (χ3v) is 2.65. The number of amides is 1. The fraction of sp³-hybridized carbons (Fsp3) is 0.529. The van der Waals surface area contributed by atoms with Gasteiger partial charge in [-0.05, 0) is 65.8 Å². The maximum Gasteiger partial charge on any atom is 0.416 e. The standard InChI is InChI=1S/C17H24F3N3O/c1-15(2,3)22-14(23-16(4,5)6)21-13(24)11-7-9-12(10-8-11)17(18,19)20/h7-10H,1-6H3,(H2,21,22,23,24). The Kier molecular flexibility index (Phi) is 5.69. The van der Waals surface area contributed by atoms with E-state index in [1.807, 2.05) is 41.5 Å². The summed E-state index contributed by atoms with van der Waals surface area (Å²) in [6.07, 6.45) is -4.43. The number of hydrogen-bond acceptors (Lipinski definition) is 2. The molecule has 0 aliphatic carbocycles. The molecule has 0 unspecified atom stereocenters. The highest BCUT2D eigenvalue weighted by molar-refractivity contribution is 6.05. The molecular weight excluding hydrogens is 319 g/mol. The molecule has 0 aliphatic heterocycles. The van der Waals surface area contributed by atoms with Gasteiger partial charge in [-0.3, -0.25) is 10.1 Å². The van der Waals surface area contributed by atoms with Gasteiger partial charge in [-0.15, -0.1) is 0 Å². The lowest BCUT2D eigenvalue weighted by Crippen LogP contribution is -2.50.